The molecule has 0 aromatic heterocycles. The van der Waals surface area contributed by atoms with E-state index in [1.54, 1.807) is 24.3 Å². The first-order chi connectivity index (χ1) is 9.06. The number of carbonyl (C=O) groups is 2. The highest BCUT2D eigenvalue weighted by atomic mass is 79.9. The van der Waals surface area contributed by atoms with Crippen LogP contribution in [0.15, 0.2) is 28.7 Å². The summed E-state index contributed by atoms with van der Waals surface area (Å²) in [6, 6.07) is 6.13. The molecule has 1 aliphatic rings. The van der Waals surface area contributed by atoms with Crippen LogP contribution in [-0.2, 0) is 9.53 Å². The quantitative estimate of drug-likeness (QED) is 0.787. The summed E-state index contributed by atoms with van der Waals surface area (Å²) in [6.07, 6.45) is 0. The van der Waals surface area contributed by atoms with E-state index < -0.39 is 24.0 Å². The molecule has 2 atom stereocenters. The summed E-state index contributed by atoms with van der Waals surface area (Å²) in [5, 5.41) is 14.2. The number of carboxylic acid groups (broad SMARTS) is 1. The number of hydrogen-bond donors (Lipinski definition) is 3. The monoisotopic (exact) mass is 328 g/mol. The molecular weight excluding hydrogens is 316 g/mol. The number of hydrogen-bond acceptors (Lipinski definition) is 3. The minimum Gasteiger partial charge on any atom is -0.481 e. The second-order valence-electron chi connectivity index (χ2n) is 4.19. The molecule has 1 aromatic carbocycles. The van der Waals surface area contributed by atoms with Gasteiger partial charge in [-0.15, -0.1) is 0 Å². The van der Waals surface area contributed by atoms with Crippen molar-refractivity contribution in [2.24, 2.45) is 5.92 Å². The Labute approximate surface area is 118 Å². The molecule has 1 heterocycles. The zero-order valence-electron chi connectivity index (χ0n) is 9.93. The van der Waals surface area contributed by atoms with Crippen molar-refractivity contribution in [3.05, 3.63) is 28.7 Å². The number of anilines is 1. The van der Waals surface area contributed by atoms with Gasteiger partial charge >= 0.3 is 12.0 Å². The fourth-order valence-corrected chi connectivity index (χ4v) is 2.07. The number of rotatable bonds is 3. The van der Waals surface area contributed by atoms with Crippen molar-refractivity contribution in [2.45, 2.75) is 6.04 Å². The van der Waals surface area contributed by atoms with Crippen molar-refractivity contribution in [3.63, 3.8) is 0 Å². The van der Waals surface area contributed by atoms with Crippen molar-refractivity contribution in [1.82, 2.24) is 5.32 Å². The van der Waals surface area contributed by atoms with Crippen LogP contribution < -0.4 is 10.6 Å². The maximum atomic E-state index is 11.7. The lowest BCUT2D eigenvalue weighted by Gasteiger charge is -2.16. The van der Waals surface area contributed by atoms with Crippen molar-refractivity contribution in [3.8, 4) is 0 Å². The summed E-state index contributed by atoms with van der Waals surface area (Å²) in [5.74, 6) is -1.66. The molecule has 102 valence electrons. The molecule has 1 aliphatic heterocycles. The lowest BCUT2D eigenvalue weighted by atomic mass is 10.0. The molecule has 0 aliphatic carbocycles. The van der Waals surface area contributed by atoms with E-state index in [4.69, 9.17) is 9.84 Å². The largest absolute Gasteiger partial charge is 0.481 e. The van der Waals surface area contributed by atoms with Crippen LogP contribution in [0.5, 0.6) is 0 Å². The minimum absolute atomic E-state index is 0.124. The van der Waals surface area contributed by atoms with Gasteiger partial charge in [0.1, 0.15) is 5.92 Å². The van der Waals surface area contributed by atoms with Gasteiger partial charge in [-0.25, -0.2) is 4.79 Å². The average Bonchev–Trinajstić information content (AvgIpc) is 2.80. The normalized spacial score (nSPS) is 21.9. The number of aliphatic carboxylic acids is 1. The highest BCUT2D eigenvalue weighted by molar-refractivity contribution is 9.10. The smallest absolute Gasteiger partial charge is 0.319 e. The first-order valence-electron chi connectivity index (χ1n) is 5.70. The fourth-order valence-electron chi connectivity index (χ4n) is 1.81. The van der Waals surface area contributed by atoms with Crippen molar-refractivity contribution < 1.29 is 19.4 Å². The van der Waals surface area contributed by atoms with E-state index in [-0.39, 0.29) is 13.2 Å². The van der Waals surface area contributed by atoms with E-state index in [1.807, 2.05) is 0 Å². The van der Waals surface area contributed by atoms with Gasteiger partial charge in [0.15, 0.2) is 0 Å². The van der Waals surface area contributed by atoms with Crippen molar-refractivity contribution >= 4 is 33.6 Å². The van der Waals surface area contributed by atoms with Gasteiger partial charge in [0.25, 0.3) is 0 Å². The Balaban J connectivity index is 1.90. The molecule has 0 bridgehead atoms. The van der Waals surface area contributed by atoms with Crippen molar-refractivity contribution in [2.75, 3.05) is 18.5 Å². The number of nitrogens with one attached hydrogen (secondary N) is 2. The molecule has 0 radical (unpaired) electrons. The third-order valence-electron chi connectivity index (χ3n) is 2.82. The van der Waals surface area contributed by atoms with Crippen LogP contribution in [0.4, 0.5) is 10.5 Å². The molecule has 1 aromatic rings. The topological polar surface area (TPSA) is 87.7 Å². The van der Waals surface area contributed by atoms with E-state index in [1.165, 1.54) is 0 Å². The maximum Gasteiger partial charge on any atom is 0.319 e. The van der Waals surface area contributed by atoms with Gasteiger partial charge in [0.2, 0.25) is 0 Å². The summed E-state index contributed by atoms with van der Waals surface area (Å²) in [6.45, 7) is 0.337. The minimum atomic E-state index is -0.966. The zero-order chi connectivity index (χ0) is 13.8. The highest BCUT2D eigenvalue weighted by Crippen LogP contribution is 2.16. The summed E-state index contributed by atoms with van der Waals surface area (Å²) < 4.78 is 5.98. The molecule has 1 fully saturated rings. The van der Waals surface area contributed by atoms with Crippen LogP contribution in [0.2, 0.25) is 0 Å². The number of ether oxygens (including phenoxy) is 1. The number of carbonyl (C=O) groups excluding carboxylic acids is 1. The molecule has 0 spiro atoms. The highest BCUT2D eigenvalue weighted by Gasteiger charge is 2.35. The summed E-state index contributed by atoms with van der Waals surface area (Å²) in [7, 11) is 0. The Bertz CT molecular complexity index is 477. The second kappa shape index (κ2) is 6.03. The third-order valence-corrected chi connectivity index (χ3v) is 3.34. The van der Waals surface area contributed by atoms with E-state index in [0.29, 0.717) is 5.69 Å². The van der Waals surface area contributed by atoms with Gasteiger partial charge < -0.3 is 20.5 Å². The lowest BCUT2D eigenvalue weighted by molar-refractivity contribution is -0.142. The Hall–Kier alpha value is -1.60. The summed E-state index contributed by atoms with van der Waals surface area (Å²) in [4.78, 5) is 22.7. The number of benzene rings is 1. The molecule has 1 saturated heterocycles. The second-order valence-corrected chi connectivity index (χ2v) is 5.11. The van der Waals surface area contributed by atoms with Crippen LogP contribution in [0.1, 0.15) is 0 Å². The first kappa shape index (κ1) is 13.8. The van der Waals surface area contributed by atoms with E-state index in [9.17, 15) is 9.59 Å². The fraction of sp³-hybridized carbons (Fsp3) is 0.333. The van der Waals surface area contributed by atoms with Crippen LogP contribution in [0.3, 0.4) is 0 Å². The van der Waals surface area contributed by atoms with Gasteiger partial charge in [0, 0.05) is 10.2 Å². The Morgan fingerprint density at radius 3 is 2.58 bits per heavy atom. The van der Waals surface area contributed by atoms with Gasteiger partial charge in [-0.3, -0.25) is 4.79 Å². The van der Waals surface area contributed by atoms with E-state index in [2.05, 4.69) is 26.6 Å². The van der Waals surface area contributed by atoms with Gasteiger partial charge in [-0.05, 0) is 24.3 Å². The predicted octanol–water partition coefficient (Wildman–Crippen LogP) is 1.67. The van der Waals surface area contributed by atoms with Crippen molar-refractivity contribution in [1.29, 1.82) is 0 Å². The summed E-state index contributed by atoms with van der Waals surface area (Å²) >= 11 is 3.30. The zero-order valence-corrected chi connectivity index (χ0v) is 11.5. The molecule has 6 nitrogen and oxygen atoms in total. The third kappa shape index (κ3) is 3.68. The standard InChI is InChI=1S/C12H13BrN2O4/c13-7-1-3-8(4-2-7)14-12(18)15-10-6-19-5-9(10)11(16)17/h1-4,9-10H,5-6H2,(H,16,17)(H2,14,15,18). The molecule has 2 rings (SSSR count). The Morgan fingerprint density at radius 2 is 1.95 bits per heavy atom. The van der Waals surface area contributed by atoms with Gasteiger partial charge in [0.05, 0.1) is 19.3 Å². The number of carboxylic acids is 1. The molecule has 7 heteroatoms. The first-order valence-corrected chi connectivity index (χ1v) is 6.49. The van der Waals surface area contributed by atoms with Crippen LogP contribution in [0, 0.1) is 5.92 Å². The average molecular weight is 329 g/mol. The molecule has 3 N–H and O–H groups in total. The SMILES string of the molecule is O=C(Nc1ccc(Br)cc1)NC1COCC1C(=O)O. The van der Waals surface area contributed by atoms with E-state index in [0.717, 1.165) is 4.47 Å². The summed E-state index contributed by atoms with van der Waals surface area (Å²) in [5.41, 5.74) is 0.631. The van der Waals surface area contributed by atoms with Crippen LogP contribution in [0.25, 0.3) is 0 Å². The van der Waals surface area contributed by atoms with E-state index >= 15 is 0 Å². The molecular formula is C12H13BrN2O4. The lowest BCUT2D eigenvalue weighted by Crippen LogP contribution is -2.44. The number of urea groups is 1. The van der Waals surface area contributed by atoms with Gasteiger partial charge in [-0.1, -0.05) is 15.9 Å². The molecule has 0 saturated carbocycles. The predicted molar refractivity (Wildman–Crippen MR) is 72.0 cm³/mol. The van der Waals surface area contributed by atoms with Gasteiger partial charge in [-0.2, -0.15) is 0 Å². The molecule has 2 amide bonds. The number of halogens is 1. The number of amides is 2. The van der Waals surface area contributed by atoms with Crippen LogP contribution in [-0.4, -0.2) is 36.4 Å². The molecule has 2 unspecified atom stereocenters. The van der Waals surface area contributed by atoms with Crippen LogP contribution >= 0.6 is 15.9 Å². The Morgan fingerprint density at radius 1 is 1.26 bits per heavy atom. The molecule has 19 heavy (non-hydrogen) atoms. The maximum absolute atomic E-state index is 11.7. The Kier molecular flexibility index (Phi) is 4.39.